The van der Waals surface area contributed by atoms with Gasteiger partial charge in [-0.15, -0.1) is 0 Å². The van der Waals surface area contributed by atoms with E-state index in [1.54, 1.807) is 18.2 Å². The third-order valence-corrected chi connectivity index (χ3v) is 4.82. The van der Waals surface area contributed by atoms with E-state index in [1.165, 1.54) is 25.3 Å². The van der Waals surface area contributed by atoms with Gasteiger partial charge in [0.15, 0.2) is 18.1 Å². The molecule has 2 aromatic carbocycles. The van der Waals surface area contributed by atoms with Crippen LogP contribution < -0.4 is 14.8 Å². The minimum Gasteiger partial charge on any atom is -0.493 e. The Morgan fingerprint density at radius 1 is 1.31 bits per heavy atom. The number of aryl methyl sites for hydroxylation is 1. The predicted octanol–water partition coefficient (Wildman–Crippen LogP) is 4.43. The fourth-order valence-corrected chi connectivity index (χ4v) is 2.86. The summed E-state index contributed by atoms with van der Waals surface area (Å²) in [5.41, 5.74) is 1.64. The number of carboxylic acid groups (broad SMARTS) is 1. The molecule has 0 atom stereocenters. The SMILES string of the molecule is COc1cc(/C=C(/C#N)C(=O)Nc2ccc(C)c(Cl)c2)c(Br)cc1OCC(=O)O. The third-order valence-electron chi connectivity index (χ3n) is 3.73. The Morgan fingerprint density at radius 3 is 2.62 bits per heavy atom. The summed E-state index contributed by atoms with van der Waals surface area (Å²) in [6.45, 7) is 1.30. The Bertz CT molecular complexity index is 1030. The van der Waals surface area contributed by atoms with Gasteiger partial charge < -0.3 is 19.9 Å². The van der Waals surface area contributed by atoms with Crippen LogP contribution in [0.5, 0.6) is 11.5 Å². The molecule has 2 N–H and O–H groups in total. The largest absolute Gasteiger partial charge is 0.493 e. The van der Waals surface area contributed by atoms with Crippen molar-refractivity contribution in [1.29, 1.82) is 5.26 Å². The van der Waals surface area contributed by atoms with Crippen molar-refractivity contribution in [3.63, 3.8) is 0 Å². The van der Waals surface area contributed by atoms with Crippen LogP contribution in [0.2, 0.25) is 5.02 Å². The molecule has 0 aromatic heterocycles. The second-order valence-electron chi connectivity index (χ2n) is 5.79. The lowest BCUT2D eigenvalue weighted by Gasteiger charge is -2.12. The molecule has 0 aliphatic heterocycles. The number of aliphatic carboxylic acids is 1. The van der Waals surface area contributed by atoms with Gasteiger partial charge in [-0.2, -0.15) is 5.26 Å². The van der Waals surface area contributed by atoms with Gasteiger partial charge in [-0.25, -0.2) is 4.79 Å². The number of rotatable bonds is 7. The highest BCUT2D eigenvalue weighted by Crippen LogP contribution is 2.34. The summed E-state index contributed by atoms with van der Waals surface area (Å²) in [5.74, 6) is -1.28. The Morgan fingerprint density at radius 2 is 2.03 bits per heavy atom. The van der Waals surface area contributed by atoms with Crippen molar-refractivity contribution in [2.75, 3.05) is 19.0 Å². The first-order valence-electron chi connectivity index (χ1n) is 8.16. The molecule has 7 nitrogen and oxygen atoms in total. The van der Waals surface area contributed by atoms with Crippen LogP contribution in [0, 0.1) is 18.3 Å². The molecular weight excluding hydrogens is 464 g/mol. The molecule has 2 rings (SSSR count). The molecule has 9 heteroatoms. The van der Waals surface area contributed by atoms with Crippen molar-refractivity contribution in [2.24, 2.45) is 0 Å². The normalized spacial score (nSPS) is 10.8. The number of halogens is 2. The fourth-order valence-electron chi connectivity index (χ4n) is 2.25. The van der Waals surface area contributed by atoms with Gasteiger partial charge in [0, 0.05) is 15.2 Å². The molecule has 1 amide bonds. The number of carbonyl (C=O) groups is 2. The Kier molecular flexibility index (Phi) is 7.65. The minimum atomic E-state index is -1.13. The maximum absolute atomic E-state index is 12.5. The maximum Gasteiger partial charge on any atom is 0.341 e. The van der Waals surface area contributed by atoms with E-state index in [-0.39, 0.29) is 17.1 Å². The predicted molar refractivity (Wildman–Crippen MR) is 112 cm³/mol. The van der Waals surface area contributed by atoms with Crippen molar-refractivity contribution < 1.29 is 24.2 Å². The molecule has 2 aromatic rings. The highest BCUT2D eigenvalue weighted by Gasteiger charge is 2.15. The summed E-state index contributed by atoms with van der Waals surface area (Å²) in [6, 6.07) is 9.92. The monoisotopic (exact) mass is 478 g/mol. The van der Waals surface area contributed by atoms with E-state index in [4.69, 9.17) is 26.2 Å². The quantitative estimate of drug-likeness (QED) is 0.449. The summed E-state index contributed by atoms with van der Waals surface area (Å²) >= 11 is 9.38. The fraction of sp³-hybridized carbons (Fsp3) is 0.150. The number of carboxylic acids is 1. The highest BCUT2D eigenvalue weighted by atomic mass is 79.9. The number of nitriles is 1. The lowest BCUT2D eigenvalue weighted by Crippen LogP contribution is -2.13. The van der Waals surface area contributed by atoms with E-state index >= 15 is 0 Å². The van der Waals surface area contributed by atoms with Gasteiger partial charge in [0.05, 0.1) is 7.11 Å². The second kappa shape index (κ2) is 9.96. The number of benzene rings is 2. The molecular formula is C20H16BrClN2O5. The van der Waals surface area contributed by atoms with Crippen molar-refractivity contribution in [2.45, 2.75) is 6.92 Å². The number of nitrogens with one attached hydrogen (secondary N) is 1. The van der Waals surface area contributed by atoms with E-state index in [0.29, 0.717) is 20.7 Å². The lowest BCUT2D eigenvalue weighted by molar-refractivity contribution is -0.139. The van der Waals surface area contributed by atoms with Crippen molar-refractivity contribution in [1.82, 2.24) is 0 Å². The smallest absolute Gasteiger partial charge is 0.341 e. The molecule has 150 valence electrons. The topological polar surface area (TPSA) is 109 Å². The van der Waals surface area contributed by atoms with Crippen molar-refractivity contribution >= 4 is 51.2 Å². The highest BCUT2D eigenvalue weighted by molar-refractivity contribution is 9.10. The molecule has 0 bridgehead atoms. The van der Waals surface area contributed by atoms with Gasteiger partial charge in [0.1, 0.15) is 11.6 Å². The number of amides is 1. The third kappa shape index (κ3) is 5.98. The molecule has 0 radical (unpaired) electrons. The summed E-state index contributed by atoms with van der Waals surface area (Å²) < 4.78 is 10.9. The number of carbonyl (C=O) groups excluding carboxylic acids is 1. The number of anilines is 1. The molecule has 0 aliphatic rings. The molecule has 0 aliphatic carbocycles. The summed E-state index contributed by atoms with van der Waals surface area (Å²) in [4.78, 5) is 23.2. The molecule has 0 fully saturated rings. The second-order valence-corrected chi connectivity index (χ2v) is 7.06. The van der Waals surface area contributed by atoms with Crippen molar-refractivity contribution in [3.8, 4) is 17.6 Å². The molecule has 0 heterocycles. The van der Waals surface area contributed by atoms with E-state index in [1.807, 2.05) is 13.0 Å². The number of hydrogen-bond acceptors (Lipinski definition) is 5. The zero-order valence-corrected chi connectivity index (χ0v) is 17.8. The number of ether oxygens (including phenoxy) is 2. The van der Waals surface area contributed by atoms with E-state index in [2.05, 4.69) is 21.2 Å². The molecule has 0 spiro atoms. The summed E-state index contributed by atoms with van der Waals surface area (Å²) in [7, 11) is 1.39. The molecule has 0 saturated carbocycles. The van der Waals surface area contributed by atoms with Gasteiger partial charge in [0.25, 0.3) is 5.91 Å². The average Bonchev–Trinajstić information content (AvgIpc) is 2.68. The van der Waals surface area contributed by atoms with Crippen LogP contribution >= 0.6 is 27.5 Å². The van der Waals surface area contributed by atoms with Crippen LogP contribution in [0.1, 0.15) is 11.1 Å². The van der Waals surface area contributed by atoms with E-state index in [0.717, 1.165) is 5.56 Å². The van der Waals surface area contributed by atoms with Crippen LogP contribution in [0.4, 0.5) is 5.69 Å². The Hall–Kier alpha value is -3.02. The Labute approximate surface area is 180 Å². The van der Waals surface area contributed by atoms with Crippen LogP contribution in [0.3, 0.4) is 0 Å². The van der Waals surface area contributed by atoms with E-state index in [9.17, 15) is 14.9 Å². The first-order chi connectivity index (χ1) is 13.7. The zero-order valence-electron chi connectivity index (χ0n) is 15.5. The van der Waals surface area contributed by atoms with Gasteiger partial charge in [-0.05, 0) is 48.4 Å². The van der Waals surface area contributed by atoms with Gasteiger partial charge in [-0.1, -0.05) is 33.6 Å². The van der Waals surface area contributed by atoms with Crippen LogP contribution in [-0.4, -0.2) is 30.7 Å². The maximum atomic E-state index is 12.5. The Balaban J connectivity index is 2.31. The van der Waals surface area contributed by atoms with Crippen LogP contribution in [0.15, 0.2) is 40.4 Å². The zero-order chi connectivity index (χ0) is 21.6. The van der Waals surface area contributed by atoms with E-state index < -0.39 is 18.5 Å². The summed E-state index contributed by atoms with van der Waals surface area (Å²) in [5, 5.41) is 21.3. The average molecular weight is 480 g/mol. The first-order valence-corrected chi connectivity index (χ1v) is 9.33. The minimum absolute atomic E-state index is 0.149. The van der Waals surface area contributed by atoms with Gasteiger partial charge in [-0.3, -0.25) is 4.79 Å². The van der Waals surface area contributed by atoms with Gasteiger partial charge in [0.2, 0.25) is 0 Å². The van der Waals surface area contributed by atoms with Crippen LogP contribution in [0.25, 0.3) is 6.08 Å². The van der Waals surface area contributed by atoms with Gasteiger partial charge >= 0.3 is 5.97 Å². The number of methoxy groups -OCH3 is 1. The first kappa shape index (κ1) is 22.3. The standard InChI is InChI=1S/C20H16BrClN2O5/c1-11-3-4-14(7-16(11)22)24-20(27)13(9-23)5-12-6-17(28-2)18(8-15(12)21)29-10-19(25)26/h3-8H,10H2,1-2H3,(H,24,27)(H,25,26)/b13-5-. The number of nitrogens with zero attached hydrogens (tertiary/aromatic N) is 1. The molecule has 0 saturated heterocycles. The summed E-state index contributed by atoms with van der Waals surface area (Å²) in [6.07, 6.45) is 1.37. The number of hydrogen-bond donors (Lipinski definition) is 2. The van der Waals surface area contributed by atoms with Crippen LogP contribution in [-0.2, 0) is 9.59 Å². The van der Waals surface area contributed by atoms with Crippen molar-refractivity contribution in [3.05, 3.63) is 56.5 Å². The lowest BCUT2D eigenvalue weighted by atomic mass is 10.1. The molecule has 0 unspecified atom stereocenters. The molecule has 29 heavy (non-hydrogen) atoms.